The molecule has 2 aromatic heterocycles. The molecule has 3 aromatic rings. The van der Waals surface area contributed by atoms with Crippen LogP contribution < -0.4 is 4.72 Å². The lowest BCUT2D eigenvalue weighted by Crippen LogP contribution is -2.23. The van der Waals surface area contributed by atoms with Crippen molar-refractivity contribution in [3.63, 3.8) is 0 Å². The Bertz CT molecular complexity index is 957. The van der Waals surface area contributed by atoms with Crippen molar-refractivity contribution in [2.45, 2.75) is 11.4 Å². The van der Waals surface area contributed by atoms with E-state index in [2.05, 4.69) is 9.46 Å². The number of carbonyl (C=O) groups excluding carboxylic acids is 1. The molecule has 3 rings (SSSR count). The predicted molar refractivity (Wildman–Crippen MR) is 93.8 cm³/mol. The maximum Gasteiger partial charge on any atom is 0.337 e. The van der Waals surface area contributed by atoms with E-state index in [-0.39, 0.29) is 17.0 Å². The summed E-state index contributed by atoms with van der Waals surface area (Å²) in [6, 6.07) is 12.9. The molecule has 25 heavy (non-hydrogen) atoms. The monoisotopic (exact) mass is 377 g/mol. The van der Waals surface area contributed by atoms with Crippen molar-refractivity contribution in [1.82, 2.24) is 4.72 Å². The van der Waals surface area contributed by atoms with E-state index >= 15 is 0 Å². The lowest BCUT2D eigenvalue weighted by Gasteiger charge is -2.06. The second-order valence-corrected chi connectivity index (χ2v) is 7.80. The summed E-state index contributed by atoms with van der Waals surface area (Å²) < 4.78 is 37.4. The first-order valence-corrected chi connectivity index (χ1v) is 9.66. The van der Waals surface area contributed by atoms with Gasteiger partial charge in [0.15, 0.2) is 0 Å². The zero-order valence-corrected chi connectivity index (χ0v) is 14.9. The highest BCUT2D eigenvalue weighted by Gasteiger charge is 2.16. The van der Waals surface area contributed by atoms with Gasteiger partial charge in [-0.25, -0.2) is 17.9 Å². The van der Waals surface area contributed by atoms with Crippen molar-refractivity contribution < 1.29 is 22.4 Å². The Hall–Kier alpha value is -2.42. The van der Waals surface area contributed by atoms with Crippen molar-refractivity contribution in [2.24, 2.45) is 0 Å². The van der Waals surface area contributed by atoms with Gasteiger partial charge >= 0.3 is 5.97 Å². The number of esters is 1. The number of nitrogens with one attached hydrogen (secondary N) is 1. The lowest BCUT2D eigenvalue weighted by atomic mass is 10.2. The van der Waals surface area contributed by atoms with E-state index in [0.29, 0.717) is 11.5 Å². The van der Waals surface area contributed by atoms with Crippen LogP contribution in [0.5, 0.6) is 0 Å². The number of hydrogen-bond acceptors (Lipinski definition) is 6. The SMILES string of the molecule is COC(=O)c1ccc(S(=O)(=O)NCc2ccc(-c3cccs3)o2)cc1. The molecule has 0 atom stereocenters. The molecule has 0 bridgehead atoms. The van der Waals surface area contributed by atoms with Gasteiger partial charge in [0.25, 0.3) is 0 Å². The summed E-state index contributed by atoms with van der Waals surface area (Å²) >= 11 is 1.55. The summed E-state index contributed by atoms with van der Waals surface area (Å²) in [5, 5.41) is 1.94. The third-order valence-corrected chi connectivity index (χ3v) is 5.75. The van der Waals surface area contributed by atoms with Crippen LogP contribution in [0.1, 0.15) is 16.1 Å². The fourth-order valence-corrected chi connectivity index (χ4v) is 3.84. The van der Waals surface area contributed by atoms with E-state index in [1.807, 2.05) is 17.5 Å². The maximum atomic E-state index is 12.3. The predicted octanol–water partition coefficient (Wildman–Crippen LogP) is 3.27. The molecular weight excluding hydrogens is 362 g/mol. The van der Waals surface area contributed by atoms with E-state index in [9.17, 15) is 13.2 Å². The smallest absolute Gasteiger partial charge is 0.337 e. The van der Waals surface area contributed by atoms with Crippen molar-refractivity contribution in [3.05, 3.63) is 65.2 Å². The van der Waals surface area contributed by atoms with Gasteiger partial charge in [-0.15, -0.1) is 11.3 Å². The fraction of sp³-hybridized carbons (Fsp3) is 0.118. The molecule has 0 spiro atoms. The Labute approximate surface area is 149 Å². The van der Waals surface area contributed by atoms with E-state index in [1.165, 1.54) is 31.4 Å². The summed E-state index contributed by atoms with van der Waals surface area (Å²) in [5.41, 5.74) is 0.285. The van der Waals surface area contributed by atoms with Gasteiger partial charge in [0.1, 0.15) is 11.5 Å². The van der Waals surface area contributed by atoms with Crippen LogP contribution in [0, 0.1) is 0 Å². The highest BCUT2D eigenvalue weighted by molar-refractivity contribution is 7.89. The van der Waals surface area contributed by atoms with Gasteiger partial charge in [-0.3, -0.25) is 0 Å². The van der Waals surface area contributed by atoms with Crippen molar-refractivity contribution in [1.29, 1.82) is 0 Å². The standard InChI is InChI=1S/C17H15NO5S2/c1-22-17(19)12-4-7-14(8-5-12)25(20,21)18-11-13-6-9-15(23-13)16-3-2-10-24-16/h2-10,18H,11H2,1H3. The molecule has 0 unspecified atom stereocenters. The highest BCUT2D eigenvalue weighted by atomic mass is 32.2. The van der Waals surface area contributed by atoms with Gasteiger partial charge in [0.05, 0.1) is 29.0 Å². The first kappa shape index (κ1) is 17.4. The number of carbonyl (C=O) groups is 1. The van der Waals surface area contributed by atoms with Crippen LogP contribution in [-0.4, -0.2) is 21.5 Å². The number of ether oxygens (including phenoxy) is 1. The number of rotatable bonds is 6. The maximum absolute atomic E-state index is 12.3. The molecule has 0 saturated heterocycles. The molecular formula is C17H15NO5S2. The van der Waals surface area contributed by atoms with Gasteiger partial charge < -0.3 is 9.15 Å². The zero-order valence-electron chi connectivity index (χ0n) is 13.3. The first-order valence-electron chi connectivity index (χ1n) is 7.30. The molecule has 0 amide bonds. The Morgan fingerprint density at radius 2 is 1.92 bits per heavy atom. The molecule has 0 aliphatic carbocycles. The quantitative estimate of drug-likeness (QED) is 0.666. The molecule has 0 aliphatic rings. The van der Waals surface area contributed by atoms with Crippen LogP contribution in [-0.2, 0) is 21.3 Å². The summed E-state index contributed by atoms with van der Waals surface area (Å²) in [4.78, 5) is 12.4. The number of sulfonamides is 1. The largest absolute Gasteiger partial charge is 0.465 e. The number of thiophene rings is 1. The van der Waals surface area contributed by atoms with Gasteiger partial charge in [0.2, 0.25) is 10.0 Å². The third kappa shape index (κ3) is 3.98. The minimum absolute atomic E-state index is 0.0342. The van der Waals surface area contributed by atoms with Crippen LogP contribution >= 0.6 is 11.3 Å². The summed E-state index contributed by atoms with van der Waals surface area (Å²) in [5.74, 6) is 0.693. The topological polar surface area (TPSA) is 85.6 Å². The highest BCUT2D eigenvalue weighted by Crippen LogP contribution is 2.26. The molecule has 0 saturated carbocycles. The molecule has 0 radical (unpaired) electrons. The Morgan fingerprint density at radius 3 is 2.56 bits per heavy atom. The first-order chi connectivity index (χ1) is 12.0. The van der Waals surface area contributed by atoms with Crippen LogP contribution in [0.15, 0.2) is 63.2 Å². The molecule has 0 fully saturated rings. The van der Waals surface area contributed by atoms with Crippen molar-refractivity contribution in [2.75, 3.05) is 7.11 Å². The average molecular weight is 377 g/mol. The van der Waals surface area contributed by atoms with Gasteiger partial charge in [0, 0.05) is 0 Å². The number of furan rings is 1. The van der Waals surface area contributed by atoms with Crippen LogP contribution in [0.3, 0.4) is 0 Å². The Morgan fingerprint density at radius 1 is 1.16 bits per heavy atom. The second-order valence-electron chi connectivity index (χ2n) is 5.08. The van der Waals surface area contributed by atoms with Crippen molar-refractivity contribution in [3.8, 4) is 10.6 Å². The van der Waals surface area contributed by atoms with Crippen LogP contribution in [0.4, 0.5) is 0 Å². The molecule has 6 nitrogen and oxygen atoms in total. The summed E-state index contributed by atoms with van der Waals surface area (Å²) in [6.45, 7) is 0.0342. The lowest BCUT2D eigenvalue weighted by molar-refractivity contribution is 0.0600. The van der Waals surface area contributed by atoms with E-state index in [0.717, 1.165) is 4.88 Å². The average Bonchev–Trinajstić information content (AvgIpc) is 3.30. The molecule has 0 aliphatic heterocycles. The second kappa shape index (κ2) is 7.22. The normalized spacial score (nSPS) is 11.4. The van der Waals surface area contributed by atoms with Gasteiger partial charge in [-0.05, 0) is 47.8 Å². The summed E-state index contributed by atoms with van der Waals surface area (Å²) in [7, 11) is -2.45. The number of hydrogen-bond donors (Lipinski definition) is 1. The van der Waals surface area contributed by atoms with Crippen LogP contribution in [0.25, 0.3) is 10.6 Å². The molecule has 1 N–H and O–H groups in total. The van der Waals surface area contributed by atoms with E-state index in [4.69, 9.17) is 4.42 Å². The van der Waals surface area contributed by atoms with Gasteiger partial charge in [-0.2, -0.15) is 0 Å². The minimum atomic E-state index is -3.71. The molecule has 2 heterocycles. The minimum Gasteiger partial charge on any atom is -0.465 e. The molecule has 8 heteroatoms. The molecule has 130 valence electrons. The third-order valence-electron chi connectivity index (χ3n) is 3.45. The van der Waals surface area contributed by atoms with Crippen LogP contribution in [0.2, 0.25) is 0 Å². The number of methoxy groups -OCH3 is 1. The fourth-order valence-electron chi connectivity index (χ4n) is 2.16. The van der Waals surface area contributed by atoms with Crippen molar-refractivity contribution >= 4 is 27.3 Å². The van der Waals surface area contributed by atoms with E-state index < -0.39 is 16.0 Å². The summed E-state index contributed by atoms with van der Waals surface area (Å²) in [6.07, 6.45) is 0. The number of benzene rings is 1. The Balaban J connectivity index is 1.68. The van der Waals surface area contributed by atoms with Gasteiger partial charge in [-0.1, -0.05) is 6.07 Å². The Kier molecular flexibility index (Phi) is 5.03. The van der Waals surface area contributed by atoms with E-state index in [1.54, 1.807) is 23.5 Å². The molecule has 1 aromatic carbocycles. The zero-order chi connectivity index (χ0) is 17.9.